The van der Waals surface area contributed by atoms with Crippen molar-refractivity contribution in [3.05, 3.63) is 0 Å². The van der Waals surface area contributed by atoms with E-state index >= 15 is 0 Å². The summed E-state index contributed by atoms with van der Waals surface area (Å²) in [5.41, 5.74) is 0. The average molecular weight is 118 g/mol. The highest BCUT2D eigenvalue weighted by Gasteiger charge is 2.09. The molecular weight excluding hydrogens is 108 g/mol. The Labute approximate surface area is 48.3 Å². The van der Waals surface area contributed by atoms with Crippen LogP contribution in [0.2, 0.25) is 0 Å². The molecule has 0 aliphatic carbocycles. The zero-order chi connectivity index (χ0) is 6.41. The van der Waals surface area contributed by atoms with Gasteiger partial charge in [-0.25, -0.2) is 0 Å². The molecule has 0 amide bonds. The molecule has 0 saturated carbocycles. The smallest absolute Gasteiger partial charge is 0.290 e. The largest absolute Gasteiger partial charge is 0.483 e. The third-order valence-electron chi connectivity index (χ3n) is 0.927. The van der Waals surface area contributed by atoms with Crippen LogP contribution in [0.3, 0.4) is 0 Å². The normalized spacial score (nSPS) is 24.4. The van der Waals surface area contributed by atoms with Gasteiger partial charge in [-0.3, -0.25) is 4.79 Å². The first-order valence-corrected chi connectivity index (χ1v) is 2.50. The molecule has 1 aliphatic heterocycles. The van der Waals surface area contributed by atoms with Gasteiger partial charge in [0.1, 0.15) is 0 Å². The van der Waals surface area contributed by atoms with Crippen molar-refractivity contribution in [1.29, 1.82) is 0 Å². The van der Waals surface area contributed by atoms with Gasteiger partial charge in [0.2, 0.25) is 0 Å². The van der Waals surface area contributed by atoms with Crippen LogP contribution >= 0.6 is 0 Å². The Kier molecular flexibility index (Phi) is 4.26. The molecule has 0 aromatic carbocycles. The third-order valence-corrected chi connectivity index (χ3v) is 0.927. The second-order valence-electron chi connectivity index (χ2n) is 1.58. The van der Waals surface area contributed by atoms with E-state index in [9.17, 15) is 0 Å². The van der Waals surface area contributed by atoms with Crippen LogP contribution in [-0.4, -0.2) is 24.3 Å². The molecule has 1 saturated heterocycles. The predicted octanol–water partition coefficient (Wildman–Crippen LogP) is 0.496. The average Bonchev–Trinajstić information content (AvgIpc) is 1.64. The van der Waals surface area contributed by atoms with Crippen LogP contribution in [0.1, 0.15) is 13.3 Å². The van der Waals surface area contributed by atoms with Gasteiger partial charge in [0.15, 0.2) is 0 Å². The molecule has 1 aliphatic rings. The topological polar surface area (TPSA) is 46.5 Å². The molecule has 3 nitrogen and oxygen atoms in total. The van der Waals surface area contributed by atoms with E-state index in [4.69, 9.17) is 14.6 Å². The molecule has 0 spiro atoms. The van der Waals surface area contributed by atoms with Crippen molar-refractivity contribution < 1.29 is 14.6 Å². The highest BCUT2D eigenvalue weighted by Crippen LogP contribution is 2.07. The molecule has 0 radical (unpaired) electrons. The first kappa shape index (κ1) is 7.43. The lowest BCUT2D eigenvalue weighted by Gasteiger charge is -2.20. The van der Waals surface area contributed by atoms with Crippen molar-refractivity contribution in [1.82, 2.24) is 0 Å². The van der Waals surface area contributed by atoms with Crippen LogP contribution in [0.4, 0.5) is 0 Å². The van der Waals surface area contributed by atoms with Crippen LogP contribution in [0.15, 0.2) is 0 Å². The Balaban J connectivity index is 0.000000145. The van der Waals surface area contributed by atoms with Gasteiger partial charge in [0, 0.05) is 6.61 Å². The lowest BCUT2D eigenvalue weighted by Crippen LogP contribution is -2.22. The van der Waals surface area contributed by atoms with Gasteiger partial charge in [-0.05, 0) is 13.3 Å². The number of carbonyl (C=O) groups is 1. The summed E-state index contributed by atoms with van der Waals surface area (Å²) in [4.78, 5) is 8.36. The fourth-order valence-corrected chi connectivity index (χ4v) is 0.354. The van der Waals surface area contributed by atoms with Crippen LogP contribution in [0.5, 0.6) is 0 Å². The molecule has 0 aromatic rings. The van der Waals surface area contributed by atoms with Crippen LogP contribution < -0.4 is 0 Å². The molecule has 8 heavy (non-hydrogen) atoms. The molecule has 1 N–H and O–H groups in total. The molecule has 0 aromatic heterocycles. The van der Waals surface area contributed by atoms with Gasteiger partial charge in [0.05, 0.1) is 6.10 Å². The fourth-order valence-electron chi connectivity index (χ4n) is 0.354. The van der Waals surface area contributed by atoms with E-state index in [2.05, 4.69) is 6.92 Å². The summed E-state index contributed by atoms with van der Waals surface area (Å²) in [6, 6.07) is 0. The lowest BCUT2D eigenvalue weighted by atomic mass is 10.2. The summed E-state index contributed by atoms with van der Waals surface area (Å²) in [6.07, 6.45) is 1.83. The fraction of sp³-hybridized carbons (Fsp3) is 0.800. The Bertz CT molecular complexity index is 58.7. The predicted molar refractivity (Wildman–Crippen MR) is 28.7 cm³/mol. The van der Waals surface area contributed by atoms with Crippen molar-refractivity contribution in [3.8, 4) is 0 Å². The maximum atomic E-state index is 8.36. The monoisotopic (exact) mass is 118 g/mol. The Morgan fingerprint density at radius 1 is 1.88 bits per heavy atom. The summed E-state index contributed by atoms with van der Waals surface area (Å²) in [5, 5.41) is 6.89. The molecular formula is C5H10O3. The van der Waals surface area contributed by atoms with E-state index in [-0.39, 0.29) is 6.47 Å². The lowest BCUT2D eigenvalue weighted by molar-refractivity contribution is -0.122. The second kappa shape index (κ2) is 4.59. The SMILES string of the molecule is C[C@H]1CCO1.O=CO. The number of hydrogen-bond acceptors (Lipinski definition) is 2. The number of hydrogen-bond donors (Lipinski definition) is 1. The minimum atomic E-state index is -0.250. The first-order chi connectivity index (χ1) is 3.81. The van der Waals surface area contributed by atoms with Gasteiger partial charge in [-0.1, -0.05) is 0 Å². The molecule has 1 rings (SSSR count). The van der Waals surface area contributed by atoms with Crippen LogP contribution in [0.25, 0.3) is 0 Å². The van der Waals surface area contributed by atoms with Gasteiger partial charge in [0.25, 0.3) is 6.47 Å². The summed E-state index contributed by atoms with van der Waals surface area (Å²) >= 11 is 0. The van der Waals surface area contributed by atoms with E-state index in [0.29, 0.717) is 6.10 Å². The molecule has 1 fully saturated rings. The number of rotatable bonds is 0. The Morgan fingerprint density at radius 2 is 2.12 bits per heavy atom. The maximum absolute atomic E-state index is 8.36. The van der Waals surface area contributed by atoms with E-state index < -0.39 is 0 Å². The van der Waals surface area contributed by atoms with E-state index in [1.165, 1.54) is 6.42 Å². The molecule has 1 atom stereocenters. The number of ether oxygens (including phenoxy) is 1. The van der Waals surface area contributed by atoms with Gasteiger partial charge >= 0.3 is 0 Å². The van der Waals surface area contributed by atoms with Crippen molar-refractivity contribution in [2.75, 3.05) is 6.61 Å². The summed E-state index contributed by atoms with van der Waals surface area (Å²) in [6.45, 7) is 2.82. The zero-order valence-electron chi connectivity index (χ0n) is 4.83. The van der Waals surface area contributed by atoms with E-state index in [0.717, 1.165) is 6.61 Å². The van der Waals surface area contributed by atoms with Crippen molar-refractivity contribution in [3.63, 3.8) is 0 Å². The Morgan fingerprint density at radius 3 is 2.12 bits per heavy atom. The molecule has 48 valence electrons. The standard InChI is InChI=1S/C4H8O.CH2O2/c1-4-2-3-5-4;2-1-3/h4H,2-3H2,1H3;1H,(H,2,3)/t4-;/m0./s1. The molecule has 3 heteroatoms. The van der Waals surface area contributed by atoms with E-state index in [1.807, 2.05) is 0 Å². The molecule has 0 bridgehead atoms. The number of carboxylic acid groups (broad SMARTS) is 1. The highest BCUT2D eigenvalue weighted by atomic mass is 16.5. The minimum Gasteiger partial charge on any atom is -0.483 e. The minimum absolute atomic E-state index is 0.250. The summed E-state index contributed by atoms with van der Waals surface area (Å²) in [7, 11) is 0. The Hall–Kier alpha value is -0.570. The molecule has 1 heterocycles. The van der Waals surface area contributed by atoms with E-state index in [1.54, 1.807) is 0 Å². The first-order valence-electron chi connectivity index (χ1n) is 2.50. The van der Waals surface area contributed by atoms with Gasteiger partial charge < -0.3 is 9.84 Å². The zero-order valence-corrected chi connectivity index (χ0v) is 4.83. The quantitative estimate of drug-likeness (QED) is 0.471. The summed E-state index contributed by atoms with van der Waals surface area (Å²) in [5.74, 6) is 0. The second-order valence-corrected chi connectivity index (χ2v) is 1.58. The molecule has 0 unspecified atom stereocenters. The van der Waals surface area contributed by atoms with Crippen LogP contribution in [0, 0.1) is 0 Å². The van der Waals surface area contributed by atoms with Crippen molar-refractivity contribution in [2.45, 2.75) is 19.4 Å². The van der Waals surface area contributed by atoms with Gasteiger partial charge in [-0.15, -0.1) is 0 Å². The third kappa shape index (κ3) is 3.61. The maximum Gasteiger partial charge on any atom is 0.290 e. The summed E-state index contributed by atoms with van der Waals surface area (Å²) < 4.78 is 4.93. The van der Waals surface area contributed by atoms with Crippen molar-refractivity contribution >= 4 is 6.47 Å². The van der Waals surface area contributed by atoms with Gasteiger partial charge in [-0.2, -0.15) is 0 Å². The van der Waals surface area contributed by atoms with Crippen LogP contribution in [-0.2, 0) is 9.53 Å². The highest BCUT2D eigenvalue weighted by molar-refractivity contribution is 5.32. The van der Waals surface area contributed by atoms with Crippen molar-refractivity contribution in [2.24, 2.45) is 0 Å².